The van der Waals surface area contributed by atoms with Crippen LogP contribution in [-0.2, 0) is 19.9 Å². The van der Waals surface area contributed by atoms with Gasteiger partial charge in [-0.2, -0.15) is 4.31 Å². The van der Waals surface area contributed by atoms with Crippen molar-refractivity contribution in [2.45, 2.75) is 12.5 Å². The second-order valence-electron chi connectivity index (χ2n) is 7.46. The van der Waals surface area contributed by atoms with Crippen LogP contribution < -0.4 is 0 Å². The number of piperazine rings is 1. The Morgan fingerprint density at radius 2 is 1.24 bits per heavy atom. The van der Waals surface area contributed by atoms with Crippen molar-refractivity contribution in [3.63, 3.8) is 0 Å². The summed E-state index contributed by atoms with van der Waals surface area (Å²) in [5.74, 6) is -0.225. The molecule has 1 saturated heterocycles. The Morgan fingerprint density at radius 3 is 1.69 bits per heavy atom. The Hall–Kier alpha value is -1.74. The normalized spacial score (nSPS) is 16.9. The lowest BCUT2D eigenvalue weighted by Gasteiger charge is -2.39. The van der Waals surface area contributed by atoms with Gasteiger partial charge in [-0.15, -0.1) is 0 Å². The van der Waals surface area contributed by atoms with Crippen LogP contribution in [0, 0.1) is 0 Å². The minimum absolute atomic E-state index is 0.0764. The number of hydrogen-bond donors (Lipinski definition) is 0. The second kappa shape index (κ2) is 9.38. The number of sulfone groups is 1. The number of benzene rings is 2. The van der Waals surface area contributed by atoms with Gasteiger partial charge in [0.1, 0.15) is 9.84 Å². The van der Waals surface area contributed by atoms with Crippen molar-refractivity contribution in [1.29, 1.82) is 0 Å². The number of hydrogen-bond acceptors (Lipinski definition) is 5. The third kappa shape index (κ3) is 6.12. The topological polar surface area (TPSA) is 74.8 Å². The molecule has 2 aromatic rings. The van der Waals surface area contributed by atoms with Crippen molar-refractivity contribution in [1.82, 2.24) is 9.21 Å². The van der Waals surface area contributed by atoms with Gasteiger partial charge in [0.05, 0.1) is 17.5 Å². The van der Waals surface area contributed by atoms with Gasteiger partial charge in [-0.3, -0.25) is 4.90 Å². The number of rotatable bonds is 8. The molecule has 1 fully saturated rings. The van der Waals surface area contributed by atoms with E-state index in [1.807, 2.05) is 36.4 Å². The molecule has 0 aromatic heterocycles. The Labute approximate surface area is 174 Å². The van der Waals surface area contributed by atoms with Crippen molar-refractivity contribution in [2.24, 2.45) is 0 Å². The molecular weight excluding hydrogens is 408 g/mol. The number of sulfonamides is 1. The molecule has 0 unspecified atom stereocenters. The molecule has 1 aliphatic heterocycles. The van der Waals surface area contributed by atoms with Gasteiger partial charge in [-0.25, -0.2) is 16.8 Å². The molecule has 1 heterocycles. The lowest BCUT2D eigenvalue weighted by Crippen LogP contribution is -2.50. The van der Waals surface area contributed by atoms with Crippen LogP contribution in [0.15, 0.2) is 60.7 Å². The fourth-order valence-corrected chi connectivity index (χ4v) is 6.10. The highest BCUT2D eigenvalue weighted by Gasteiger charge is 2.31. The molecule has 0 atom stereocenters. The second-order valence-corrected chi connectivity index (χ2v) is 11.8. The Balaban J connectivity index is 1.69. The summed E-state index contributed by atoms with van der Waals surface area (Å²) in [5.41, 5.74) is 2.37. The highest BCUT2D eigenvalue weighted by atomic mass is 32.2. The van der Waals surface area contributed by atoms with Gasteiger partial charge in [0.2, 0.25) is 10.0 Å². The van der Waals surface area contributed by atoms with Crippen molar-refractivity contribution in [2.75, 3.05) is 43.9 Å². The molecule has 0 bridgehead atoms. The first kappa shape index (κ1) is 22.0. The molecule has 8 heteroatoms. The highest BCUT2D eigenvalue weighted by Crippen LogP contribution is 2.29. The zero-order valence-electron chi connectivity index (χ0n) is 16.6. The van der Waals surface area contributed by atoms with E-state index in [0.29, 0.717) is 26.2 Å². The molecule has 0 saturated carbocycles. The molecule has 0 amide bonds. The maximum atomic E-state index is 12.6. The molecule has 6 nitrogen and oxygen atoms in total. The van der Waals surface area contributed by atoms with Crippen LogP contribution in [0.5, 0.6) is 0 Å². The highest BCUT2D eigenvalue weighted by molar-refractivity contribution is 7.91. The minimum atomic E-state index is -3.44. The largest absolute Gasteiger partial charge is 0.290 e. The quantitative estimate of drug-likeness (QED) is 0.634. The first-order valence-electron chi connectivity index (χ1n) is 9.76. The van der Waals surface area contributed by atoms with Crippen LogP contribution in [0.4, 0.5) is 0 Å². The zero-order valence-corrected chi connectivity index (χ0v) is 18.3. The van der Waals surface area contributed by atoms with Gasteiger partial charge in [0.15, 0.2) is 0 Å². The maximum absolute atomic E-state index is 12.6. The molecule has 0 spiro atoms. The van der Waals surface area contributed by atoms with E-state index in [9.17, 15) is 16.8 Å². The van der Waals surface area contributed by atoms with Crippen LogP contribution in [0.25, 0.3) is 0 Å². The third-order valence-corrected chi connectivity index (χ3v) is 8.17. The van der Waals surface area contributed by atoms with E-state index in [-0.39, 0.29) is 24.0 Å². The van der Waals surface area contributed by atoms with E-state index < -0.39 is 19.9 Å². The third-order valence-electron chi connectivity index (χ3n) is 5.18. The van der Waals surface area contributed by atoms with Crippen LogP contribution >= 0.6 is 0 Å². The summed E-state index contributed by atoms with van der Waals surface area (Å²) in [6.45, 7) is 2.08. The van der Waals surface area contributed by atoms with E-state index >= 15 is 0 Å². The standard InChI is InChI=1S/C21H28N2O4S2/c1-28(24,25)17-8-18-29(26,27)23-15-13-22(14-16-23)21(19-9-4-2-5-10-19)20-11-6-3-7-12-20/h2-7,9-12,21H,8,13-18H2,1H3. The molecule has 158 valence electrons. The van der Waals surface area contributed by atoms with Crippen molar-refractivity contribution >= 4 is 19.9 Å². The SMILES string of the molecule is CS(=O)(=O)CCCS(=O)(=O)N1CCN(C(c2ccccc2)c2ccccc2)CC1. The molecular formula is C21H28N2O4S2. The average molecular weight is 437 g/mol. The van der Waals surface area contributed by atoms with Crippen molar-refractivity contribution < 1.29 is 16.8 Å². The summed E-state index contributed by atoms with van der Waals surface area (Å²) in [4.78, 5) is 2.31. The smallest absolute Gasteiger partial charge is 0.214 e. The summed E-state index contributed by atoms with van der Waals surface area (Å²) in [7, 11) is -6.59. The molecule has 2 aromatic carbocycles. The van der Waals surface area contributed by atoms with Crippen LogP contribution in [0.3, 0.4) is 0 Å². The van der Waals surface area contributed by atoms with Crippen LogP contribution in [-0.4, -0.2) is 70.0 Å². The molecule has 0 N–H and O–H groups in total. The summed E-state index contributed by atoms with van der Waals surface area (Å²) in [6.07, 6.45) is 1.27. The van der Waals surface area contributed by atoms with Gasteiger partial charge in [-0.1, -0.05) is 60.7 Å². The fraction of sp³-hybridized carbons (Fsp3) is 0.429. The lowest BCUT2D eigenvalue weighted by molar-refractivity contribution is 0.156. The summed E-state index contributed by atoms with van der Waals surface area (Å²) in [5, 5.41) is 0. The van der Waals surface area contributed by atoms with E-state index in [4.69, 9.17) is 0 Å². The van der Waals surface area contributed by atoms with Gasteiger partial charge in [-0.05, 0) is 17.5 Å². The zero-order chi connectivity index (χ0) is 20.9. The van der Waals surface area contributed by atoms with E-state index in [2.05, 4.69) is 29.2 Å². The average Bonchev–Trinajstić information content (AvgIpc) is 2.69. The van der Waals surface area contributed by atoms with E-state index in [0.717, 1.165) is 6.26 Å². The molecule has 0 radical (unpaired) electrons. The van der Waals surface area contributed by atoms with Gasteiger partial charge in [0.25, 0.3) is 0 Å². The van der Waals surface area contributed by atoms with Gasteiger partial charge < -0.3 is 0 Å². The molecule has 1 aliphatic rings. The van der Waals surface area contributed by atoms with Crippen LogP contribution in [0.2, 0.25) is 0 Å². The maximum Gasteiger partial charge on any atom is 0.214 e. The lowest BCUT2D eigenvalue weighted by atomic mass is 9.96. The summed E-state index contributed by atoms with van der Waals surface area (Å²) >= 11 is 0. The Kier molecular flexibility index (Phi) is 7.10. The van der Waals surface area contributed by atoms with E-state index in [1.54, 1.807) is 0 Å². The van der Waals surface area contributed by atoms with Gasteiger partial charge in [0, 0.05) is 32.4 Å². The minimum Gasteiger partial charge on any atom is -0.290 e. The Morgan fingerprint density at radius 1 is 0.759 bits per heavy atom. The van der Waals surface area contributed by atoms with Crippen LogP contribution in [0.1, 0.15) is 23.6 Å². The molecule has 29 heavy (non-hydrogen) atoms. The predicted molar refractivity (Wildman–Crippen MR) is 116 cm³/mol. The summed E-state index contributed by atoms with van der Waals surface area (Å²) < 4.78 is 49.2. The molecule has 3 rings (SSSR count). The monoisotopic (exact) mass is 436 g/mol. The Bertz CT molecular complexity index is 946. The van der Waals surface area contributed by atoms with Crippen molar-refractivity contribution in [3.8, 4) is 0 Å². The molecule has 0 aliphatic carbocycles. The van der Waals surface area contributed by atoms with Gasteiger partial charge >= 0.3 is 0 Å². The number of nitrogens with zero attached hydrogens (tertiary/aromatic N) is 2. The fourth-order valence-electron chi connectivity index (χ4n) is 3.76. The first-order chi connectivity index (χ1) is 13.8. The van der Waals surface area contributed by atoms with Crippen molar-refractivity contribution in [3.05, 3.63) is 71.8 Å². The van der Waals surface area contributed by atoms with E-state index in [1.165, 1.54) is 15.4 Å². The first-order valence-corrected chi connectivity index (χ1v) is 13.4. The predicted octanol–water partition coefficient (Wildman–Crippen LogP) is 2.16. The summed E-state index contributed by atoms with van der Waals surface area (Å²) in [6, 6.07) is 20.6.